The number of hydrogen-bond donors (Lipinski definition) is 1. The Bertz CT molecular complexity index is 1300. The average Bonchev–Trinajstić information content (AvgIpc) is 3.21. The minimum atomic E-state index is -0.344. The summed E-state index contributed by atoms with van der Waals surface area (Å²) in [6, 6.07) is 19.3. The lowest BCUT2D eigenvalue weighted by Crippen LogP contribution is -2.29. The summed E-state index contributed by atoms with van der Waals surface area (Å²) in [5, 5.41) is 3.08. The molecule has 0 aliphatic rings. The molecule has 1 aromatic heterocycles. The summed E-state index contributed by atoms with van der Waals surface area (Å²) in [5.74, 6) is 1.80. The van der Waals surface area contributed by atoms with Crippen molar-refractivity contribution in [1.29, 1.82) is 0 Å². The predicted octanol–water partition coefficient (Wildman–Crippen LogP) is 4.91. The van der Waals surface area contributed by atoms with E-state index in [1.807, 2.05) is 25.1 Å². The Labute approximate surface area is 199 Å². The molecule has 7 heteroatoms. The van der Waals surface area contributed by atoms with Crippen LogP contribution in [0.1, 0.15) is 40.3 Å². The van der Waals surface area contributed by atoms with Gasteiger partial charge in [-0.1, -0.05) is 42.0 Å². The van der Waals surface area contributed by atoms with Crippen molar-refractivity contribution in [1.82, 2.24) is 14.9 Å². The first-order valence-electron chi connectivity index (χ1n) is 11.1. The van der Waals surface area contributed by atoms with Crippen LogP contribution in [-0.2, 0) is 6.54 Å². The first kappa shape index (κ1) is 23.2. The second-order valence-corrected chi connectivity index (χ2v) is 8.14. The molecule has 1 unspecified atom stereocenters. The molecule has 0 saturated carbocycles. The number of hydrogen-bond acceptors (Lipinski definition) is 5. The SMILES string of the molecule is COc1cc(C(=O)NC(C)c2nc3ccccc3n2Cc2cccc(C)c2)cc(OC)c1OC. The van der Waals surface area contributed by atoms with E-state index in [9.17, 15) is 4.79 Å². The molecule has 0 fully saturated rings. The number of nitrogens with one attached hydrogen (secondary N) is 1. The third kappa shape index (κ3) is 4.55. The van der Waals surface area contributed by atoms with E-state index in [4.69, 9.17) is 19.2 Å². The lowest BCUT2D eigenvalue weighted by atomic mass is 10.1. The number of aromatic nitrogens is 2. The zero-order valence-electron chi connectivity index (χ0n) is 20.1. The van der Waals surface area contributed by atoms with Crippen LogP contribution in [0.2, 0.25) is 0 Å². The number of para-hydroxylation sites is 2. The Morgan fingerprint density at radius 2 is 1.68 bits per heavy atom. The Hall–Kier alpha value is -4.00. The van der Waals surface area contributed by atoms with Crippen LogP contribution in [-0.4, -0.2) is 36.8 Å². The van der Waals surface area contributed by atoms with Crippen molar-refractivity contribution >= 4 is 16.9 Å². The van der Waals surface area contributed by atoms with Crippen molar-refractivity contribution in [2.24, 2.45) is 0 Å². The molecule has 0 aliphatic carbocycles. The molecule has 1 N–H and O–H groups in total. The number of carbonyl (C=O) groups is 1. The molecule has 1 atom stereocenters. The van der Waals surface area contributed by atoms with E-state index in [0.29, 0.717) is 29.4 Å². The lowest BCUT2D eigenvalue weighted by molar-refractivity contribution is 0.0937. The fourth-order valence-electron chi connectivity index (χ4n) is 4.14. The number of benzene rings is 3. The molecule has 0 spiro atoms. The molecular weight excluding hydrogens is 430 g/mol. The molecule has 0 aliphatic heterocycles. The van der Waals surface area contributed by atoms with Gasteiger partial charge in [-0.25, -0.2) is 4.98 Å². The third-order valence-electron chi connectivity index (χ3n) is 5.77. The van der Waals surface area contributed by atoms with Crippen LogP contribution >= 0.6 is 0 Å². The topological polar surface area (TPSA) is 74.6 Å². The van der Waals surface area contributed by atoms with Crippen molar-refractivity contribution in [2.45, 2.75) is 26.4 Å². The van der Waals surface area contributed by atoms with Crippen LogP contribution < -0.4 is 19.5 Å². The number of methoxy groups -OCH3 is 3. The number of rotatable bonds is 8. The maximum atomic E-state index is 13.2. The fourth-order valence-corrected chi connectivity index (χ4v) is 4.14. The van der Waals surface area contributed by atoms with Crippen LogP contribution in [0.5, 0.6) is 17.2 Å². The first-order valence-corrected chi connectivity index (χ1v) is 11.1. The summed E-state index contributed by atoms with van der Waals surface area (Å²) in [4.78, 5) is 18.0. The van der Waals surface area contributed by atoms with Crippen molar-refractivity contribution < 1.29 is 19.0 Å². The quantitative estimate of drug-likeness (QED) is 0.405. The zero-order valence-corrected chi connectivity index (χ0v) is 20.1. The number of amides is 1. The van der Waals surface area contributed by atoms with Gasteiger partial charge in [-0.05, 0) is 43.7 Å². The largest absolute Gasteiger partial charge is 0.493 e. The molecule has 4 aromatic rings. The van der Waals surface area contributed by atoms with E-state index in [1.54, 1.807) is 12.1 Å². The van der Waals surface area contributed by atoms with Crippen LogP contribution in [0.25, 0.3) is 11.0 Å². The van der Waals surface area contributed by atoms with Gasteiger partial charge in [0.2, 0.25) is 5.75 Å². The van der Waals surface area contributed by atoms with Gasteiger partial charge in [0, 0.05) is 12.1 Å². The van der Waals surface area contributed by atoms with E-state index >= 15 is 0 Å². The average molecular weight is 460 g/mol. The highest BCUT2D eigenvalue weighted by Gasteiger charge is 2.22. The summed E-state index contributed by atoms with van der Waals surface area (Å²) in [6.45, 7) is 4.67. The molecule has 0 bridgehead atoms. The monoisotopic (exact) mass is 459 g/mol. The molecule has 0 saturated heterocycles. The van der Waals surface area contributed by atoms with Crippen molar-refractivity contribution in [3.05, 3.63) is 83.2 Å². The maximum Gasteiger partial charge on any atom is 0.252 e. The molecule has 1 amide bonds. The van der Waals surface area contributed by atoms with Gasteiger partial charge in [0.15, 0.2) is 11.5 Å². The summed E-state index contributed by atoms with van der Waals surface area (Å²) in [7, 11) is 4.57. The Balaban J connectivity index is 1.67. The third-order valence-corrected chi connectivity index (χ3v) is 5.77. The van der Waals surface area contributed by atoms with Crippen LogP contribution in [0, 0.1) is 6.92 Å². The van der Waals surface area contributed by atoms with Gasteiger partial charge in [-0.3, -0.25) is 4.79 Å². The van der Waals surface area contributed by atoms with E-state index in [-0.39, 0.29) is 11.9 Å². The number of aryl methyl sites for hydroxylation is 1. The predicted molar refractivity (Wildman–Crippen MR) is 132 cm³/mol. The van der Waals surface area contributed by atoms with Gasteiger partial charge in [0.1, 0.15) is 5.82 Å². The lowest BCUT2D eigenvalue weighted by Gasteiger charge is -2.18. The van der Waals surface area contributed by atoms with Crippen molar-refractivity contribution in [3.63, 3.8) is 0 Å². The van der Waals surface area contributed by atoms with Gasteiger partial charge in [0.05, 0.1) is 38.4 Å². The second kappa shape index (κ2) is 9.87. The Morgan fingerprint density at radius 3 is 2.32 bits per heavy atom. The minimum absolute atomic E-state index is 0.263. The van der Waals surface area contributed by atoms with Gasteiger partial charge < -0.3 is 24.1 Å². The smallest absolute Gasteiger partial charge is 0.252 e. The van der Waals surface area contributed by atoms with Crippen LogP contribution in [0.4, 0.5) is 0 Å². The number of nitrogens with zero attached hydrogens (tertiary/aromatic N) is 2. The highest BCUT2D eigenvalue weighted by molar-refractivity contribution is 5.96. The number of ether oxygens (including phenoxy) is 3. The Kier molecular flexibility index (Phi) is 6.72. The van der Waals surface area contributed by atoms with E-state index in [2.05, 4.69) is 47.1 Å². The summed E-state index contributed by atoms with van der Waals surface area (Å²) in [6.07, 6.45) is 0. The second-order valence-electron chi connectivity index (χ2n) is 8.14. The molecule has 34 heavy (non-hydrogen) atoms. The number of fused-ring (bicyclic) bond motifs is 1. The molecule has 4 rings (SSSR count). The minimum Gasteiger partial charge on any atom is -0.493 e. The molecule has 176 valence electrons. The van der Waals surface area contributed by atoms with E-state index in [0.717, 1.165) is 16.9 Å². The van der Waals surface area contributed by atoms with Crippen molar-refractivity contribution in [3.8, 4) is 17.2 Å². The summed E-state index contributed by atoms with van der Waals surface area (Å²) < 4.78 is 18.3. The van der Waals surface area contributed by atoms with Crippen LogP contribution in [0.3, 0.4) is 0 Å². The fraction of sp³-hybridized carbons (Fsp3) is 0.259. The molecule has 0 radical (unpaired) electrons. The van der Waals surface area contributed by atoms with Gasteiger partial charge in [0.25, 0.3) is 5.91 Å². The van der Waals surface area contributed by atoms with Crippen LogP contribution in [0.15, 0.2) is 60.7 Å². The van der Waals surface area contributed by atoms with Gasteiger partial charge in [-0.2, -0.15) is 0 Å². The molecule has 1 heterocycles. The van der Waals surface area contributed by atoms with E-state index < -0.39 is 0 Å². The summed E-state index contributed by atoms with van der Waals surface area (Å²) >= 11 is 0. The highest BCUT2D eigenvalue weighted by Crippen LogP contribution is 2.38. The normalized spacial score (nSPS) is 11.8. The maximum absolute atomic E-state index is 13.2. The standard InChI is InChI=1S/C27H29N3O4/c1-17-9-8-10-19(13-17)16-30-22-12-7-6-11-21(22)29-26(30)18(2)28-27(31)20-14-23(32-3)25(34-5)24(15-20)33-4/h6-15,18H,16H2,1-5H3,(H,28,31). The zero-order chi connectivity index (χ0) is 24.2. The van der Waals surface area contributed by atoms with E-state index in [1.165, 1.54) is 32.5 Å². The van der Waals surface area contributed by atoms with Gasteiger partial charge >= 0.3 is 0 Å². The highest BCUT2D eigenvalue weighted by atomic mass is 16.5. The molecular formula is C27H29N3O4. The van der Waals surface area contributed by atoms with Crippen molar-refractivity contribution in [2.75, 3.05) is 21.3 Å². The number of imidazole rings is 1. The number of carbonyl (C=O) groups excluding carboxylic acids is 1. The van der Waals surface area contributed by atoms with Gasteiger partial charge in [-0.15, -0.1) is 0 Å². The first-order chi connectivity index (χ1) is 16.4. The summed E-state index contributed by atoms with van der Waals surface area (Å²) in [5.41, 5.74) is 4.69. The molecule has 3 aromatic carbocycles. The molecule has 7 nitrogen and oxygen atoms in total. The Morgan fingerprint density at radius 1 is 0.971 bits per heavy atom.